The number of rotatable bonds is 6. The fourth-order valence-corrected chi connectivity index (χ4v) is 3.34. The van der Waals surface area contributed by atoms with Crippen LogP contribution in [0.25, 0.3) is 0 Å². The van der Waals surface area contributed by atoms with Crippen LogP contribution in [-0.2, 0) is 0 Å². The van der Waals surface area contributed by atoms with Crippen molar-refractivity contribution in [1.82, 2.24) is 10.2 Å². The van der Waals surface area contributed by atoms with Crippen LogP contribution in [0.2, 0.25) is 0 Å². The van der Waals surface area contributed by atoms with E-state index in [9.17, 15) is 5.26 Å². The smallest absolute Gasteiger partial charge is 0.122 e. The Labute approximate surface area is 118 Å². The first-order valence-electron chi connectivity index (χ1n) is 8.01. The van der Waals surface area contributed by atoms with Crippen molar-refractivity contribution in [3.05, 3.63) is 0 Å². The lowest BCUT2D eigenvalue weighted by molar-refractivity contribution is 0.0925. The van der Waals surface area contributed by atoms with Crippen LogP contribution in [-0.4, -0.2) is 36.1 Å². The normalized spacial score (nSPS) is 31.7. The van der Waals surface area contributed by atoms with Gasteiger partial charge in [0, 0.05) is 19.1 Å². The van der Waals surface area contributed by atoms with Crippen LogP contribution < -0.4 is 5.32 Å². The maximum atomic E-state index is 9.76. The predicted octanol–water partition coefficient (Wildman–Crippen LogP) is 2.78. The van der Waals surface area contributed by atoms with E-state index in [1.54, 1.807) is 0 Å². The Balaban J connectivity index is 2.04. The summed E-state index contributed by atoms with van der Waals surface area (Å²) in [4.78, 5) is 2.55. The summed E-state index contributed by atoms with van der Waals surface area (Å²) in [6, 6.07) is 3.27. The number of piperidine rings is 1. The Kier molecular flexibility index (Phi) is 4.86. The zero-order chi connectivity index (χ0) is 13.9. The second-order valence-corrected chi connectivity index (χ2v) is 6.75. The summed E-state index contributed by atoms with van der Waals surface area (Å²) < 4.78 is 0. The van der Waals surface area contributed by atoms with Crippen LogP contribution in [0.1, 0.15) is 52.9 Å². The van der Waals surface area contributed by atoms with E-state index in [4.69, 9.17) is 0 Å². The molecule has 19 heavy (non-hydrogen) atoms. The number of likely N-dealkylation sites (tertiary alicyclic amines) is 1. The Morgan fingerprint density at radius 1 is 1.26 bits per heavy atom. The van der Waals surface area contributed by atoms with Gasteiger partial charge in [0.05, 0.1) is 6.07 Å². The molecule has 0 aromatic heterocycles. The van der Waals surface area contributed by atoms with Gasteiger partial charge in [0.2, 0.25) is 0 Å². The van der Waals surface area contributed by atoms with Crippen LogP contribution >= 0.6 is 0 Å². The van der Waals surface area contributed by atoms with Crippen molar-refractivity contribution < 1.29 is 0 Å². The van der Waals surface area contributed by atoms with E-state index in [1.807, 2.05) is 0 Å². The molecule has 0 aromatic rings. The molecule has 3 unspecified atom stereocenters. The number of hydrogen-bond donors (Lipinski definition) is 1. The van der Waals surface area contributed by atoms with E-state index >= 15 is 0 Å². The molecular formula is C16H29N3. The van der Waals surface area contributed by atoms with Crippen molar-refractivity contribution in [3.8, 4) is 6.07 Å². The number of hydrogen-bond acceptors (Lipinski definition) is 3. The molecule has 0 aromatic carbocycles. The molecule has 2 aliphatic rings. The molecule has 1 saturated carbocycles. The minimum atomic E-state index is -0.290. The third kappa shape index (κ3) is 3.49. The van der Waals surface area contributed by atoms with E-state index in [1.165, 1.54) is 25.7 Å². The van der Waals surface area contributed by atoms with Gasteiger partial charge >= 0.3 is 0 Å². The fourth-order valence-electron chi connectivity index (χ4n) is 3.34. The van der Waals surface area contributed by atoms with Crippen molar-refractivity contribution in [2.45, 2.75) is 64.5 Å². The zero-order valence-corrected chi connectivity index (χ0v) is 12.8. The SMILES string of the molecule is CCCNC(C#N)(CN1CC(C)CCC1C)C1CC1. The van der Waals surface area contributed by atoms with E-state index < -0.39 is 0 Å². The van der Waals surface area contributed by atoms with Gasteiger partial charge in [-0.1, -0.05) is 13.8 Å². The minimum absolute atomic E-state index is 0.290. The van der Waals surface area contributed by atoms with Gasteiger partial charge < -0.3 is 0 Å². The molecule has 1 aliphatic heterocycles. The highest BCUT2D eigenvalue weighted by Gasteiger charge is 2.47. The molecule has 0 spiro atoms. The lowest BCUT2D eigenvalue weighted by Crippen LogP contribution is -2.57. The number of nitrogens with zero attached hydrogens (tertiary/aromatic N) is 2. The summed E-state index contributed by atoms with van der Waals surface area (Å²) in [6.45, 7) is 9.87. The van der Waals surface area contributed by atoms with Gasteiger partial charge in [0.25, 0.3) is 0 Å². The van der Waals surface area contributed by atoms with Gasteiger partial charge in [0.15, 0.2) is 0 Å². The topological polar surface area (TPSA) is 39.1 Å². The van der Waals surface area contributed by atoms with Gasteiger partial charge in [-0.25, -0.2) is 0 Å². The molecule has 2 rings (SSSR count). The molecule has 3 heteroatoms. The van der Waals surface area contributed by atoms with E-state index in [-0.39, 0.29) is 5.54 Å². The highest BCUT2D eigenvalue weighted by Crippen LogP contribution is 2.40. The summed E-state index contributed by atoms with van der Waals surface area (Å²) in [5.74, 6) is 1.35. The van der Waals surface area contributed by atoms with E-state index in [2.05, 4.69) is 37.1 Å². The van der Waals surface area contributed by atoms with Crippen molar-refractivity contribution in [2.75, 3.05) is 19.6 Å². The lowest BCUT2D eigenvalue weighted by atomic mass is 9.89. The largest absolute Gasteiger partial charge is 0.298 e. The lowest BCUT2D eigenvalue weighted by Gasteiger charge is -2.42. The van der Waals surface area contributed by atoms with Crippen LogP contribution in [0.15, 0.2) is 0 Å². The average molecular weight is 263 g/mol. The predicted molar refractivity (Wildman–Crippen MR) is 78.8 cm³/mol. The standard InChI is InChI=1S/C16H29N3/c1-4-9-18-16(11-17,15-7-8-15)12-19-10-13(2)5-6-14(19)3/h13-15,18H,4-10,12H2,1-3H3. The van der Waals surface area contributed by atoms with Crippen molar-refractivity contribution in [2.24, 2.45) is 11.8 Å². The van der Waals surface area contributed by atoms with Crippen LogP contribution in [0.3, 0.4) is 0 Å². The van der Waals surface area contributed by atoms with E-state index in [0.29, 0.717) is 12.0 Å². The highest BCUT2D eigenvalue weighted by atomic mass is 15.2. The maximum absolute atomic E-state index is 9.76. The first-order chi connectivity index (χ1) is 9.11. The van der Waals surface area contributed by atoms with Gasteiger partial charge in [-0.2, -0.15) is 5.26 Å². The van der Waals surface area contributed by atoms with E-state index in [0.717, 1.165) is 32.0 Å². The molecule has 3 atom stereocenters. The van der Waals surface area contributed by atoms with Gasteiger partial charge in [-0.15, -0.1) is 0 Å². The van der Waals surface area contributed by atoms with Crippen LogP contribution in [0, 0.1) is 23.2 Å². The number of nitrogens with one attached hydrogen (secondary N) is 1. The summed E-state index contributed by atoms with van der Waals surface area (Å²) in [5, 5.41) is 13.3. The summed E-state index contributed by atoms with van der Waals surface area (Å²) in [6.07, 6.45) is 6.16. The maximum Gasteiger partial charge on any atom is 0.122 e. The molecule has 1 N–H and O–H groups in total. The molecule has 1 heterocycles. The Morgan fingerprint density at radius 2 is 2.00 bits per heavy atom. The quantitative estimate of drug-likeness (QED) is 0.801. The van der Waals surface area contributed by atoms with Gasteiger partial charge in [-0.05, 0) is 57.4 Å². The van der Waals surface area contributed by atoms with Gasteiger partial charge in [0.1, 0.15) is 5.54 Å². The molecule has 0 bridgehead atoms. The first-order valence-corrected chi connectivity index (χ1v) is 8.01. The van der Waals surface area contributed by atoms with Crippen LogP contribution in [0.5, 0.6) is 0 Å². The Morgan fingerprint density at radius 3 is 2.58 bits per heavy atom. The molecular weight excluding hydrogens is 234 g/mol. The molecule has 0 amide bonds. The first kappa shape index (κ1) is 14.8. The molecule has 1 saturated heterocycles. The monoisotopic (exact) mass is 263 g/mol. The Bertz CT molecular complexity index is 331. The molecule has 3 nitrogen and oxygen atoms in total. The molecule has 2 fully saturated rings. The number of nitriles is 1. The van der Waals surface area contributed by atoms with Crippen molar-refractivity contribution >= 4 is 0 Å². The van der Waals surface area contributed by atoms with Gasteiger partial charge in [-0.3, -0.25) is 10.2 Å². The molecule has 0 radical (unpaired) electrons. The zero-order valence-electron chi connectivity index (χ0n) is 12.8. The second kappa shape index (κ2) is 6.24. The third-order valence-corrected chi connectivity index (χ3v) is 4.86. The summed E-state index contributed by atoms with van der Waals surface area (Å²) >= 11 is 0. The summed E-state index contributed by atoms with van der Waals surface area (Å²) in [7, 11) is 0. The van der Waals surface area contributed by atoms with Crippen molar-refractivity contribution in [3.63, 3.8) is 0 Å². The Hall–Kier alpha value is -0.590. The highest BCUT2D eigenvalue weighted by molar-refractivity contribution is 5.17. The average Bonchev–Trinajstić information content (AvgIpc) is 3.23. The second-order valence-electron chi connectivity index (χ2n) is 6.75. The van der Waals surface area contributed by atoms with Crippen LogP contribution in [0.4, 0.5) is 0 Å². The summed E-state index contributed by atoms with van der Waals surface area (Å²) in [5.41, 5.74) is -0.290. The molecule has 1 aliphatic carbocycles. The fraction of sp³-hybridized carbons (Fsp3) is 0.938. The van der Waals surface area contributed by atoms with Crippen molar-refractivity contribution in [1.29, 1.82) is 5.26 Å². The molecule has 108 valence electrons. The minimum Gasteiger partial charge on any atom is -0.298 e. The third-order valence-electron chi connectivity index (χ3n) is 4.86.